The summed E-state index contributed by atoms with van der Waals surface area (Å²) in [4.78, 5) is 14.4. The molecule has 2 unspecified atom stereocenters. The van der Waals surface area contributed by atoms with Crippen LogP contribution in [0.1, 0.15) is 25.3 Å². The molecule has 0 aliphatic carbocycles. The quantitative estimate of drug-likeness (QED) is 0.798. The van der Waals surface area contributed by atoms with E-state index in [1.54, 1.807) is 0 Å². The molecule has 0 saturated carbocycles. The summed E-state index contributed by atoms with van der Waals surface area (Å²) in [5.41, 5.74) is 7.21. The van der Waals surface area contributed by atoms with Gasteiger partial charge in [0, 0.05) is 13.1 Å². The maximum Gasteiger partial charge on any atom is 0.236 e. The van der Waals surface area contributed by atoms with E-state index in [2.05, 4.69) is 29.3 Å². The van der Waals surface area contributed by atoms with Gasteiger partial charge in [0.15, 0.2) is 0 Å². The lowest BCUT2D eigenvalue weighted by Gasteiger charge is -2.16. The molecule has 0 spiro atoms. The maximum atomic E-state index is 12.0. The Labute approximate surface area is 127 Å². The van der Waals surface area contributed by atoms with Gasteiger partial charge in [-0.3, -0.25) is 4.79 Å². The number of nitrogens with zero attached hydrogens (tertiary/aromatic N) is 1. The van der Waals surface area contributed by atoms with Crippen LogP contribution in [-0.4, -0.2) is 43.0 Å². The lowest BCUT2D eigenvalue weighted by molar-refractivity contribution is -0.122. The third-order valence-corrected chi connectivity index (χ3v) is 4.31. The van der Waals surface area contributed by atoms with Gasteiger partial charge >= 0.3 is 0 Å². The van der Waals surface area contributed by atoms with Gasteiger partial charge in [0.2, 0.25) is 5.91 Å². The SMILES string of the molecule is CCN1CCC(CNC(=O)C(N)CCc2ccccc2)C1. The predicted molar refractivity (Wildman–Crippen MR) is 86.0 cm³/mol. The minimum Gasteiger partial charge on any atom is -0.354 e. The normalized spacial score (nSPS) is 20.4. The zero-order chi connectivity index (χ0) is 15.1. The molecule has 4 nitrogen and oxygen atoms in total. The number of nitrogens with two attached hydrogens (primary N) is 1. The minimum atomic E-state index is -0.408. The molecule has 0 aromatic heterocycles. The summed E-state index contributed by atoms with van der Waals surface area (Å²) in [5.74, 6) is 0.566. The number of carbonyl (C=O) groups excluding carboxylic acids is 1. The number of hydrogen-bond donors (Lipinski definition) is 2. The summed E-state index contributed by atoms with van der Waals surface area (Å²) in [6.07, 6.45) is 2.72. The molecular weight excluding hydrogens is 262 g/mol. The minimum absolute atomic E-state index is 0.0131. The molecule has 0 radical (unpaired) electrons. The molecule has 1 heterocycles. The highest BCUT2D eigenvalue weighted by Crippen LogP contribution is 2.14. The van der Waals surface area contributed by atoms with Crippen LogP contribution < -0.4 is 11.1 Å². The lowest BCUT2D eigenvalue weighted by Crippen LogP contribution is -2.43. The Morgan fingerprint density at radius 2 is 2.19 bits per heavy atom. The highest BCUT2D eigenvalue weighted by Gasteiger charge is 2.22. The third kappa shape index (κ3) is 5.14. The van der Waals surface area contributed by atoms with E-state index in [0.717, 1.165) is 32.6 Å². The van der Waals surface area contributed by atoms with E-state index in [9.17, 15) is 4.79 Å². The molecule has 1 aromatic carbocycles. The third-order valence-electron chi connectivity index (χ3n) is 4.31. The molecule has 1 aliphatic heterocycles. The number of likely N-dealkylation sites (tertiary alicyclic amines) is 1. The number of hydrogen-bond acceptors (Lipinski definition) is 3. The smallest absolute Gasteiger partial charge is 0.236 e. The van der Waals surface area contributed by atoms with Crippen molar-refractivity contribution in [2.45, 2.75) is 32.2 Å². The van der Waals surface area contributed by atoms with Crippen molar-refractivity contribution in [3.63, 3.8) is 0 Å². The zero-order valence-electron chi connectivity index (χ0n) is 12.9. The van der Waals surface area contributed by atoms with E-state index in [1.165, 1.54) is 12.0 Å². The summed E-state index contributed by atoms with van der Waals surface area (Å²) in [6, 6.07) is 9.76. The maximum absolute atomic E-state index is 12.0. The molecule has 116 valence electrons. The van der Waals surface area contributed by atoms with Crippen molar-refractivity contribution >= 4 is 5.91 Å². The first kappa shape index (κ1) is 16.0. The van der Waals surface area contributed by atoms with Gasteiger partial charge in [-0.2, -0.15) is 0 Å². The standard InChI is InChI=1S/C17H27N3O/c1-2-20-11-10-15(13-20)12-19-17(21)16(18)9-8-14-6-4-3-5-7-14/h3-7,15-16H,2,8-13,18H2,1H3,(H,19,21). The van der Waals surface area contributed by atoms with Crippen LogP contribution in [0.25, 0.3) is 0 Å². The molecule has 1 saturated heterocycles. The van der Waals surface area contributed by atoms with Gasteiger partial charge in [-0.05, 0) is 43.8 Å². The zero-order valence-corrected chi connectivity index (χ0v) is 12.9. The number of amides is 1. The van der Waals surface area contributed by atoms with Crippen molar-refractivity contribution in [2.24, 2.45) is 11.7 Å². The van der Waals surface area contributed by atoms with Crippen molar-refractivity contribution in [3.8, 4) is 0 Å². The largest absolute Gasteiger partial charge is 0.354 e. The summed E-state index contributed by atoms with van der Waals surface area (Å²) >= 11 is 0. The van der Waals surface area contributed by atoms with Gasteiger partial charge in [0.05, 0.1) is 6.04 Å². The van der Waals surface area contributed by atoms with Gasteiger partial charge in [-0.25, -0.2) is 0 Å². The predicted octanol–water partition coefficient (Wildman–Crippen LogP) is 1.40. The van der Waals surface area contributed by atoms with Gasteiger partial charge in [-0.1, -0.05) is 37.3 Å². The molecule has 1 aromatic rings. The van der Waals surface area contributed by atoms with Crippen molar-refractivity contribution in [1.82, 2.24) is 10.2 Å². The average molecular weight is 289 g/mol. The Morgan fingerprint density at radius 3 is 2.86 bits per heavy atom. The van der Waals surface area contributed by atoms with E-state index >= 15 is 0 Å². The number of carbonyl (C=O) groups is 1. The molecule has 3 N–H and O–H groups in total. The first-order valence-electron chi connectivity index (χ1n) is 7.98. The first-order valence-corrected chi connectivity index (χ1v) is 7.98. The number of benzene rings is 1. The van der Waals surface area contributed by atoms with Crippen molar-refractivity contribution in [2.75, 3.05) is 26.2 Å². The van der Waals surface area contributed by atoms with E-state index in [-0.39, 0.29) is 5.91 Å². The molecular formula is C17H27N3O. The molecule has 4 heteroatoms. The van der Waals surface area contributed by atoms with Crippen LogP contribution in [0, 0.1) is 5.92 Å². The second-order valence-corrected chi connectivity index (χ2v) is 5.92. The molecule has 1 fully saturated rings. The fourth-order valence-corrected chi connectivity index (χ4v) is 2.84. The highest BCUT2D eigenvalue weighted by atomic mass is 16.2. The van der Waals surface area contributed by atoms with E-state index < -0.39 is 6.04 Å². The number of nitrogens with one attached hydrogen (secondary N) is 1. The summed E-state index contributed by atoms with van der Waals surface area (Å²) in [7, 11) is 0. The Morgan fingerprint density at radius 1 is 1.43 bits per heavy atom. The van der Waals surface area contributed by atoms with Crippen molar-refractivity contribution < 1.29 is 4.79 Å². The van der Waals surface area contributed by atoms with E-state index in [0.29, 0.717) is 12.3 Å². The number of rotatable bonds is 7. The van der Waals surface area contributed by atoms with Gasteiger partial charge in [0.25, 0.3) is 0 Å². The molecule has 1 aliphatic rings. The topological polar surface area (TPSA) is 58.4 Å². The van der Waals surface area contributed by atoms with Crippen LogP contribution in [0.4, 0.5) is 0 Å². The first-order chi connectivity index (χ1) is 10.2. The van der Waals surface area contributed by atoms with Crippen molar-refractivity contribution in [3.05, 3.63) is 35.9 Å². The highest BCUT2D eigenvalue weighted by molar-refractivity contribution is 5.81. The molecule has 0 bridgehead atoms. The van der Waals surface area contributed by atoms with Crippen molar-refractivity contribution in [1.29, 1.82) is 0 Å². The Kier molecular flexibility index (Phi) is 6.21. The summed E-state index contributed by atoms with van der Waals surface area (Å²) < 4.78 is 0. The van der Waals surface area contributed by atoms with E-state index in [1.807, 2.05) is 18.2 Å². The summed E-state index contributed by atoms with van der Waals surface area (Å²) in [6.45, 7) is 6.28. The molecule has 21 heavy (non-hydrogen) atoms. The fourth-order valence-electron chi connectivity index (χ4n) is 2.84. The average Bonchev–Trinajstić information content (AvgIpc) is 2.99. The van der Waals surface area contributed by atoms with Gasteiger partial charge < -0.3 is 16.0 Å². The second-order valence-electron chi connectivity index (χ2n) is 5.92. The Bertz CT molecular complexity index is 435. The van der Waals surface area contributed by atoms with Crippen LogP contribution >= 0.6 is 0 Å². The monoisotopic (exact) mass is 289 g/mol. The number of aryl methyl sites for hydroxylation is 1. The van der Waals surface area contributed by atoms with Crippen LogP contribution in [0.2, 0.25) is 0 Å². The van der Waals surface area contributed by atoms with Crippen LogP contribution in [0.15, 0.2) is 30.3 Å². The Hall–Kier alpha value is -1.39. The van der Waals surface area contributed by atoms with Crippen LogP contribution in [0.3, 0.4) is 0 Å². The molecule has 1 amide bonds. The summed E-state index contributed by atoms with van der Waals surface area (Å²) in [5, 5.41) is 3.01. The fraction of sp³-hybridized carbons (Fsp3) is 0.588. The van der Waals surface area contributed by atoms with Gasteiger partial charge in [0.1, 0.15) is 0 Å². The molecule has 2 atom stereocenters. The lowest BCUT2D eigenvalue weighted by atomic mass is 10.0. The van der Waals surface area contributed by atoms with Crippen LogP contribution in [-0.2, 0) is 11.2 Å². The van der Waals surface area contributed by atoms with E-state index in [4.69, 9.17) is 5.73 Å². The molecule has 2 rings (SSSR count). The second kappa shape index (κ2) is 8.15. The van der Waals surface area contributed by atoms with Gasteiger partial charge in [-0.15, -0.1) is 0 Å². The van der Waals surface area contributed by atoms with Crippen LogP contribution in [0.5, 0.6) is 0 Å². The Balaban J connectivity index is 1.66.